The number of carbonyl (C=O) groups excluding carboxylic acids is 1. The zero-order valence-electron chi connectivity index (χ0n) is 23.4. The molecule has 0 aliphatic rings. The van der Waals surface area contributed by atoms with E-state index in [4.69, 9.17) is 13.9 Å². The molecule has 0 fully saturated rings. The molecule has 0 aliphatic carbocycles. The van der Waals surface area contributed by atoms with Crippen molar-refractivity contribution >= 4 is 11.8 Å². The highest BCUT2D eigenvalue weighted by molar-refractivity contribution is 6.04. The van der Waals surface area contributed by atoms with E-state index in [9.17, 15) is 14.7 Å². The Balaban J connectivity index is 1.31. The van der Waals surface area contributed by atoms with Gasteiger partial charge in [0.05, 0.1) is 19.4 Å². The number of rotatable bonds is 14. The lowest BCUT2D eigenvalue weighted by Gasteiger charge is -2.18. The number of hydrogen-bond donors (Lipinski definition) is 2. The average molecular weight is 555 g/mol. The van der Waals surface area contributed by atoms with Gasteiger partial charge in [-0.3, -0.25) is 4.79 Å². The number of allylic oxidation sites excluding steroid dienone is 2. The summed E-state index contributed by atoms with van der Waals surface area (Å²) in [5, 5.41) is 12.8. The smallest absolute Gasteiger partial charge is 0.326 e. The summed E-state index contributed by atoms with van der Waals surface area (Å²) >= 11 is 0. The van der Waals surface area contributed by atoms with Gasteiger partial charge < -0.3 is 24.3 Å². The molecule has 0 amide bonds. The number of nitrogens with one attached hydrogen (secondary N) is 1. The van der Waals surface area contributed by atoms with Crippen molar-refractivity contribution in [3.63, 3.8) is 0 Å². The highest BCUT2D eigenvalue weighted by Crippen LogP contribution is 2.24. The molecule has 0 saturated carbocycles. The Bertz CT molecular complexity index is 1470. The predicted molar refractivity (Wildman–Crippen MR) is 156 cm³/mol. The van der Waals surface area contributed by atoms with E-state index in [1.165, 1.54) is 6.08 Å². The summed E-state index contributed by atoms with van der Waals surface area (Å²) in [7, 11) is 1.62. The minimum atomic E-state index is -0.992. The van der Waals surface area contributed by atoms with Crippen molar-refractivity contribution < 1.29 is 28.6 Å². The molecule has 4 rings (SSSR count). The Morgan fingerprint density at radius 3 is 2.32 bits per heavy atom. The van der Waals surface area contributed by atoms with Gasteiger partial charge in [0.1, 0.15) is 23.3 Å². The van der Waals surface area contributed by atoms with Gasteiger partial charge in [-0.1, -0.05) is 49.4 Å². The molecule has 8 heteroatoms. The van der Waals surface area contributed by atoms with Gasteiger partial charge in [0.25, 0.3) is 0 Å². The molecule has 0 bridgehead atoms. The fourth-order valence-corrected chi connectivity index (χ4v) is 4.25. The summed E-state index contributed by atoms with van der Waals surface area (Å²) in [5.74, 6) is 1.58. The number of hydrogen-bond acceptors (Lipinski definition) is 7. The third kappa shape index (κ3) is 8.08. The number of ether oxygens (including phenoxy) is 2. The van der Waals surface area contributed by atoms with Crippen LogP contribution in [0, 0.1) is 6.92 Å². The van der Waals surface area contributed by atoms with Crippen molar-refractivity contribution in [3.8, 4) is 23.0 Å². The van der Waals surface area contributed by atoms with Crippen LogP contribution in [0.1, 0.15) is 40.7 Å². The number of benzene rings is 3. The molecule has 0 aliphatic heterocycles. The van der Waals surface area contributed by atoms with Gasteiger partial charge >= 0.3 is 5.97 Å². The third-order valence-corrected chi connectivity index (χ3v) is 6.60. The Morgan fingerprint density at radius 2 is 1.68 bits per heavy atom. The second kappa shape index (κ2) is 14.0. The van der Waals surface area contributed by atoms with E-state index in [0.29, 0.717) is 42.3 Å². The van der Waals surface area contributed by atoms with Crippen LogP contribution in [0.25, 0.3) is 11.5 Å². The van der Waals surface area contributed by atoms with Crippen LogP contribution in [0.15, 0.2) is 95.1 Å². The summed E-state index contributed by atoms with van der Waals surface area (Å²) in [6.07, 6.45) is 2.80. The molecule has 3 aromatic carbocycles. The van der Waals surface area contributed by atoms with Crippen molar-refractivity contribution in [2.24, 2.45) is 0 Å². The normalized spacial score (nSPS) is 12.0. The van der Waals surface area contributed by atoms with E-state index in [-0.39, 0.29) is 12.2 Å². The number of aryl methyl sites for hydroxylation is 1. The van der Waals surface area contributed by atoms with Crippen molar-refractivity contribution in [1.82, 2.24) is 10.3 Å². The van der Waals surface area contributed by atoms with Crippen molar-refractivity contribution in [2.75, 3.05) is 13.7 Å². The number of aliphatic carboxylic acids is 1. The van der Waals surface area contributed by atoms with Crippen molar-refractivity contribution in [1.29, 1.82) is 0 Å². The molecule has 212 valence electrons. The van der Waals surface area contributed by atoms with E-state index in [1.807, 2.05) is 68.4 Å². The van der Waals surface area contributed by atoms with E-state index in [2.05, 4.69) is 10.3 Å². The molecule has 0 unspecified atom stereocenters. The molecular formula is C33H34N2O6. The van der Waals surface area contributed by atoms with Crippen molar-refractivity contribution in [3.05, 3.63) is 113 Å². The fourth-order valence-electron chi connectivity index (χ4n) is 4.25. The Labute approximate surface area is 239 Å². The van der Waals surface area contributed by atoms with Crippen LogP contribution < -0.4 is 14.8 Å². The van der Waals surface area contributed by atoms with Gasteiger partial charge in [-0.2, -0.15) is 0 Å². The molecule has 2 N–H and O–H groups in total. The highest BCUT2D eigenvalue weighted by Gasteiger charge is 2.19. The SMILES string of the molecule is CC/C(=C\C(=O)c1ccccc1)N[C@@H](Cc1ccc(OCCc2nc(-c3ccc(OC)cc3)oc2C)cc1)C(=O)O. The first-order valence-electron chi connectivity index (χ1n) is 13.5. The van der Waals surface area contributed by atoms with Crippen LogP contribution in [0.5, 0.6) is 11.5 Å². The molecule has 1 aromatic heterocycles. The number of ketones is 1. The summed E-state index contributed by atoms with van der Waals surface area (Å²) < 4.78 is 17.0. The zero-order valence-corrected chi connectivity index (χ0v) is 23.4. The van der Waals surface area contributed by atoms with Gasteiger partial charge in [-0.25, -0.2) is 9.78 Å². The van der Waals surface area contributed by atoms with Gasteiger partial charge in [0, 0.05) is 35.7 Å². The summed E-state index contributed by atoms with van der Waals surface area (Å²) in [6, 6.07) is 22.9. The molecule has 4 aromatic rings. The van der Waals surface area contributed by atoms with Crippen LogP contribution in [0.4, 0.5) is 0 Å². The molecule has 1 heterocycles. The fraction of sp³-hybridized carbons (Fsp3) is 0.242. The summed E-state index contributed by atoms with van der Waals surface area (Å²) in [5.41, 5.74) is 3.66. The first-order chi connectivity index (χ1) is 19.9. The summed E-state index contributed by atoms with van der Waals surface area (Å²) in [4.78, 5) is 29.2. The molecule has 1 atom stereocenters. The molecule has 0 spiro atoms. The maximum Gasteiger partial charge on any atom is 0.326 e. The summed E-state index contributed by atoms with van der Waals surface area (Å²) in [6.45, 7) is 4.17. The second-order valence-electron chi connectivity index (χ2n) is 9.49. The standard InChI is InChI=1S/C33H34N2O6/c1-4-26(21-31(36)24-8-6-5-7-9-24)34-30(33(37)38)20-23-10-14-28(15-11-23)40-19-18-29-22(2)41-32(35-29)25-12-16-27(39-3)17-13-25/h5-17,21,30,34H,4,18-20H2,1-3H3,(H,37,38)/b26-21+/t30-/m0/s1. The maximum atomic E-state index is 12.6. The largest absolute Gasteiger partial charge is 0.497 e. The van der Waals surface area contributed by atoms with Crippen molar-refractivity contribution in [2.45, 2.75) is 39.2 Å². The van der Waals surface area contributed by atoms with Crippen LogP contribution >= 0.6 is 0 Å². The molecule has 41 heavy (non-hydrogen) atoms. The van der Waals surface area contributed by atoms with E-state index >= 15 is 0 Å². The zero-order chi connectivity index (χ0) is 29.2. The quantitative estimate of drug-likeness (QED) is 0.143. The number of aromatic nitrogens is 1. The number of carboxylic acid groups (broad SMARTS) is 1. The lowest BCUT2D eigenvalue weighted by molar-refractivity contribution is -0.139. The Kier molecular flexibility index (Phi) is 9.94. The minimum Gasteiger partial charge on any atom is -0.497 e. The predicted octanol–water partition coefficient (Wildman–Crippen LogP) is 6.04. The van der Waals surface area contributed by atoms with Gasteiger partial charge in [-0.15, -0.1) is 0 Å². The third-order valence-electron chi connectivity index (χ3n) is 6.60. The van der Waals surface area contributed by atoms with E-state index in [1.54, 1.807) is 31.4 Å². The number of nitrogens with zero attached hydrogens (tertiary/aromatic N) is 1. The minimum absolute atomic E-state index is 0.168. The van der Waals surface area contributed by atoms with Crippen LogP contribution in [0.2, 0.25) is 0 Å². The first kappa shape index (κ1) is 29.1. The number of oxazole rings is 1. The second-order valence-corrected chi connectivity index (χ2v) is 9.49. The van der Waals surface area contributed by atoms with Crippen LogP contribution in [-0.4, -0.2) is 41.6 Å². The monoisotopic (exact) mass is 554 g/mol. The first-order valence-corrected chi connectivity index (χ1v) is 13.5. The molecule has 0 saturated heterocycles. The number of carboxylic acids is 1. The van der Waals surface area contributed by atoms with Crippen LogP contribution in [0.3, 0.4) is 0 Å². The maximum absolute atomic E-state index is 12.6. The topological polar surface area (TPSA) is 111 Å². The van der Waals surface area contributed by atoms with Gasteiger partial charge in [0.15, 0.2) is 5.78 Å². The molecular weight excluding hydrogens is 520 g/mol. The average Bonchev–Trinajstić information content (AvgIpc) is 3.37. The van der Waals surface area contributed by atoms with Gasteiger partial charge in [-0.05, 0) is 55.3 Å². The van der Waals surface area contributed by atoms with E-state index in [0.717, 1.165) is 28.3 Å². The van der Waals surface area contributed by atoms with Gasteiger partial charge in [0.2, 0.25) is 5.89 Å². The lowest BCUT2D eigenvalue weighted by Crippen LogP contribution is -2.38. The molecule has 0 radical (unpaired) electrons. The van der Waals surface area contributed by atoms with E-state index < -0.39 is 12.0 Å². The number of carbonyl (C=O) groups is 2. The molecule has 8 nitrogen and oxygen atoms in total. The highest BCUT2D eigenvalue weighted by atomic mass is 16.5. The number of methoxy groups -OCH3 is 1. The Hall–Kier alpha value is -4.85. The van der Waals surface area contributed by atoms with Crippen LogP contribution in [-0.2, 0) is 17.6 Å². The lowest BCUT2D eigenvalue weighted by atomic mass is 10.0. The Morgan fingerprint density at radius 1 is 1.00 bits per heavy atom.